The summed E-state index contributed by atoms with van der Waals surface area (Å²) in [7, 11) is 1.70. The van der Waals surface area contributed by atoms with Gasteiger partial charge in [-0.25, -0.2) is 8.78 Å². The predicted octanol–water partition coefficient (Wildman–Crippen LogP) is 5.85. The van der Waals surface area contributed by atoms with Gasteiger partial charge in [-0.2, -0.15) is 5.10 Å². The average molecular weight is 569 g/mol. The molecular formula is C32H46F2N6O. The molecule has 2 saturated heterocycles. The van der Waals surface area contributed by atoms with Gasteiger partial charge >= 0.3 is 0 Å². The lowest BCUT2D eigenvalue weighted by molar-refractivity contribution is -0.138. The minimum Gasteiger partial charge on any atom is -0.346 e. The first kappa shape index (κ1) is 29.5. The Morgan fingerprint density at radius 2 is 1.83 bits per heavy atom. The van der Waals surface area contributed by atoms with E-state index in [1.165, 1.54) is 30.0 Å². The van der Waals surface area contributed by atoms with Crippen molar-refractivity contribution in [2.24, 2.45) is 13.0 Å². The predicted molar refractivity (Wildman–Crippen MR) is 160 cm³/mol. The molecule has 41 heavy (non-hydrogen) atoms. The Morgan fingerprint density at radius 3 is 2.51 bits per heavy atom. The summed E-state index contributed by atoms with van der Waals surface area (Å²) in [6.45, 7) is 14.1. The molecule has 3 fully saturated rings. The van der Waals surface area contributed by atoms with Gasteiger partial charge in [-0.1, -0.05) is 39.3 Å². The van der Waals surface area contributed by atoms with Gasteiger partial charge in [0.05, 0.1) is 5.39 Å². The molecule has 0 atom stereocenters. The average Bonchev–Trinajstić information content (AvgIpc) is 3.29. The monoisotopic (exact) mass is 568 g/mol. The number of nitrogens with zero attached hydrogens (tertiary/aromatic N) is 5. The fraction of sp³-hybridized carbons (Fsp3) is 0.625. The SMILES string of the molecule is C=C1CCN(c2nn(C)c3c(F)c(CCCN(CCC)C4CCN(C(=O)C5CCCCC5)CC4)c(F)cc23)C(=C)N1. The quantitative estimate of drug-likeness (QED) is 0.411. The number of aryl methyl sites for hydroxylation is 1. The molecule has 1 aromatic carbocycles. The van der Waals surface area contributed by atoms with Crippen LogP contribution >= 0.6 is 0 Å². The number of anilines is 1. The van der Waals surface area contributed by atoms with Crippen LogP contribution in [0.4, 0.5) is 14.6 Å². The second-order valence-electron chi connectivity index (χ2n) is 12.1. The molecule has 1 amide bonds. The van der Waals surface area contributed by atoms with Gasteiger partial charge in [0.2, 0.25) is 5.91 Å². The van der Waals surface area contributed by atoms with E-state index in [2.05, 4.69) is 40.3 Å². The number of carbonyl (C=O) groups excluding carboxylic acids is 1. The van der Waals surface area contributed by atoms with Crippen LogP contribution in [0.5, 0.6) is 0 Å². The normalized spacial score (nSPS) is 19.4. The van der Waals surface area contributed by atoms with E-state index in [4.69, 9.17) is 0 Å². The minimum absolute atomic E-state index is 0.125. The van der Waals surface area contributed by atoms with Crippen molar-refractivity contribution in [2.75, 3.05) is 37.6 Å². The maximum absolute atomic E-state index is 15.8. The van der Waals surface area contributed by atoms with E-state index in [1.54, 1.807) is 7.05 Å². The molecular weight excluding hydrogens is 522 g/mol. The summed E-state index contributed by atoms with van der Waals surface area (Å²) >= 11 is 0. The number of hydrogen-bond acceptors (Lipinski definition) is 5. The zero-order chi connectivity index (χ0) is 29.1. The number of carbonyl (C=O) groups is 1. The van der Waals surface area contributed by atoms with E-state index in [9.17, 15) is 4.79 Å². The molecule has 0 unspecified atom stereocenters. The molecule has 3 aliphatic rings. The Balaban J connectivity index is 1.22. The maximum Gasteiger partial charge on any atom is 0.225 e. The van der Waals surface area contributed by atoms with Crippen LogP contribution in [0, 0.1) is 17.6 Å². The summed E-state index contributed by atoms with van der Waals surface area (Å²) in [6, 6.07) is 1.83. The smallest absolute Gasteiger partial charge is 0.225 e. The highest BCUT2D eigenvalue weighted by Crippen LogP contribution is 2.34. The standard InChI is InChI=1S/C32H46F2N6O/c1-5-16-38(25-14-18-39(19-15-25)32(41)24-10-7-6-8-11-24)17-9-12-26-28(33)21-27-30(29(26)34)37(4)36-31(27)40-20-13-22(2)35-23(40)3/h21,24-25,35H,2-3,5-20H2,1,4H3. The van der Waals surface area contributed by atoms with Gasteiger partial charge in [0.15, 0.2) is 11.6 Å². The van der Waals surface area contributed by atoms with Crippen LogP contribution in [0.15, 0.2) is 30.7 Å². The van der Waals surface area contributed by atoms with E-state index in [0.717, 1.165) is 64.0 Å². The molecule has 9 heteroatoms. The van der Waals surface area contributed by atoms with Crippen LogP contribution in [-0.2, 0) is 18.3 Å². The molecule has 1 aliphatic carbocycles. The number of likely N-dealkylation sites (tertiary alicyclic amines) is 1. The van der Waals surface area contributed by atoms with E-state index >= 15 is 8.78 Å². The van der Waals surface area contributed by atoms with Crippen molar-refractivity contribution in [3.05, 3.63) is 47.9 Å². The first-order chi connectivity index (χ1) is 19.8. The number of rotatable bonds is 9. The van der Waals surface area contributed by atoms with Crippen molar-refractivity contribution in [2.45, 2.75) is 83.6 Å². The molecule has 1 aromatic heterocycles. The molecule has 2 aromatic rings. The Labute approximate surface area is 243 Å². The van der Waals surface area contributed by atoms with Crippen LogP contribution in [0.2, 0.25) is 0 Å². The van der Waals surface area contributed by atoms with E-state index in [-0.39, 0.29) is 11.5 Å². The second-order valence-corrected chi connectivity index (χ2v) is 12.1. The van der Waals surface area contributed by atoms with E-state index in [1.807, 2.05) is 4.90 Å². The number of fused-ring (bicyclic) bond motifs is 1. The summed E-state index contributed by atoms with van der Waals surface area (Å²) in [5, 5.41) is 8.11. The molecule has 224 valence electrons. The van der Waals surface area contributed by atoms with Crippen molar-refractivity contribution in [1.29, 1.82) is 0 Å². The molecule has 0 spiro atoms. The third kappa shape index (κ3) is 6.30. The summed E-state index contributed by atoms with van der Waals surface area (Å²) in [6.07, 6.45) is 10.3. The highest BCUT2D eigenvalue weighted by molar-refractivity contribution is 5.92. The summed E-state index contributed by atoms with van der Waals surface area (Å²) in [5.41, 5.74) is 1.30. The summed E-state index contributed by atoms with van der Waals surface area (Å²) in [5.74, 6) is 0.625. The third-order valence-electron chi connectivity index (χ3n) is 9.27. The number of benzene rings is 1. The number of hydrogen-bond donors (Lipinski definition) is 1. The van der Waals surface area contributed by atoms with Crippen LogP contribution in [0.3, 0.4) is 0 Å². The highest BCUT2D eigenvalue weighted by atomic mass is 19.1. The number of nitrogens with one attached hydrogen (secondary N) is 1. The lowest BCUT2D eigenvalue weighted by Crippen LogP contribution is -2.48. The molecule has 1 N–H and O–H groups in total. The fourth-order valence-electron chi connectivity index (χ4n) is 7.04. The lowest BCUT2D eigenvalue weighted by Gasteiger charge is -2.40. The number of aromatic nitrogens is 2. The Bertz CT molecular complexity index is 1270. The van der Waals surface area contributed by atoms with Crippen LogP contribution in [0.25, 0.3) is 10.9 Å². The Hall–Kier alpha value is -2.94. The third-order valence-corrected chi connectivity index (χ3v) is 9.27. The molecule has 3 heterocycles. The van der Waals surface area contributed by atoms with Crippen LogP contribution < -0.4 is 10.2 Å². The molecule has 0 bridgehead atoms. The van der Waals surface area contributed by atoms with Gasteiger partial charge in [0, 0.05) is 56.3 Å². The van der Waals surface area contributed by atoms with Crippen molar-refractivity contribution in [3.63, 3.8) is 0 Å². The summed E-state index contributed by atoms with van der Waals surface area (Å²) < 4.78 is 32.7. The van der Waals surface area contributed by atoms with E-state index < -0.39 is 11.6 Å². The Morgan fingerprint density at radius 1 is 1.10 bits per heavy atom. The maximum atomic E-state index is 15.8. The fourth-order valence-corrected chi connectivity index (χ4v) is 7.04. The topological polar surface area (TPSA) is 56.6 Å². The molecule has 2 aliphatic heterocycles. The van der Waals surface area contributed by atoms with E-state index in [0.29, 0.717) is 60.3 Å². The molecule has 1 saturated carbocycles. The van der Waals surface area contributed by atoms with Gasteiger partial charge in [-0.3, -0.25) is 9.48 Å². The number of amides is 1. The van der Waals surface area contributed by atoms with Gasteiger partial charge < -0.3 is 20.0 Å². The van der Waals surface area contributed by atoms with Gasteiger partial charge in [-0.15, -0.1) is 0 Å². The largest absolute Gasteiger partial charge is 0.346 e. The molecule has 0 radical (unpaired) electrons. The van der Waals surface area contributed by atoms with Crippen molar-refractivity contribution in [1.82, 2.24) is 24.9 Å². The van der Waals surface area contributed by atoms with Crippen molar-refractivity contribution >= 4 is 22.6 Å². The Kier molecular flexibility index (Phi) is 9.32. The van der Waals surface area contributed by atoms with Gasteiger partial charge in [-0.05, 0) is 64.1 Å². The summed E-state index contributed by atoms with van der Waals surface area (Å²) in [4.78, 5) is 19.4. The van der Waals surface area contributed by atoms with Crippen LogP contribution in [0.1, 0.15) is 76.7 Å². The van der Waals surface area contributed by atoms with Crippen molar-refractivity contribution in [3.8, 4) is 0 Å². The minimum atomic E-state index is -0.530. The second kappa shape index (κ2) is 12.9. The van der Waals surface area contributed by atoms with Crippen LogP contribution in [-0.4, -0.2) is 64.3 Å². The number of piperidine rings is 1. The van der Waals surface area contributed by atoms with Gasteiger partial charge in [0.1, 0.15) is 17.2 Å². The first-order valence-electron chi connectivity index (χ1n) is 15.6. The zero-order valence-electron chi connectivity index (χ0n) is 24.9. The lowest BCUT2D eigenvalue weighted by atomic mass is 9.87. The molecule has 5 rings (SSSR count). The first-order valence-corrected chi connectivity index (χ1v) is 15.6. The van der Waals surface area contributed by atoms with Gasteiger partial charge in [0.25, 0.3) is 0 Å². The highest BCUT2D eigenvalue weighted by Gasteiger charge is 2.31. The zero-order valence-corrected chi connectivity index (χ0v) is 24.9. The van der Waals surface area contributed by atoms with Crippen molar-refractivity contribution < 1.29 is 13.6 Å². The molecule has 7 nitrogen and oxygen atoms in total. The number of halogens is 2.